The second kappa shape index (κ2) is 7.17. The second-order valence-electron chi connectivity index (χ2n) is 6.91. The number of pyridine rings is 2. The highest BCUT2D eigenvalue weighted by atomic mass is 127. The summed E-state index contributed by atoms with van der Waals surface area (Å²) in [5, 5.41) is 6.81. The van der Waals surface area contributed by atoms with Crippen LogP contribution in [0, 0.1) is 10.6 Å². The number of nitrogens with zero attached hydrogens (tertiary/aromatic N) is 6. The van der Waals surface area contributed by atoms with Crippen LogP contribution in [0.3, 0.4) is 0 Å². The van der Waals surface area contributed by atoms with Gasteiger partial charge in [0.15, 0.2) is 5.65 Å². The molecule has 5 aromatic rings. The maximum absolute atomic E-state index is 13.5. The highest BCUT2D eigenvalue weighted by molar-refractivity contribution is 14.1. The summed E-state index contributed by atoms with van der Waals surface area (Å²) in [5.74, 6) is 0.982. The highest BCUT2D eigenvalue weighted by Crippen LogP contribution is 2.24. The zero-order valence-electron chi connectivity index (χ0n) is 16.0. The van der Waals surface area contributed by atoms with Crippen LogP contribution in [0.2, 0.25) is 0 Å². The van der Waals surface area contributed by atoms with Crippen molar-refractivity contribution in [1.29, 1.82) is 0 Å². The summed E-state index contributed by atoms with van der Waals surface area (Å²) in [6, 6.07) is 13.3. The van der Waals surface area contributed by atoms with Crippen molar-refractivity contribution in [2.24, 2.45) is 0 Å². The molecule has 0 saturated heterocycles. The maximum Gasteiger partial charge on any atom is 0.264 e. The lowest BCUT2D eigenvalue weighted by Crippen LogP contribution is -2.25. The Morgan fingerprint density at radius 2 is 1.93 bits per heavy atom. The first kappa shape index (κ1) is 18.7. The number of hydrogen-bond acceptors (Lipinski definition) is 6. The lowest BCUT2D eigenvalue weighted by Gasteiger charge is -2.16. The SMILES string of the molecule is Cc1cccnc1-n1c(Cn2nc(I)c3c(N)ncnc32)cc2ccccc2c1=O. The van der Waals surface area contributed by atoms with Crippen molar-refractivity contribution >= 4 is 50.2 Å². The van der Waals surface area contributed by atoms with Crippen LogP contribution < -0.4 is 11.3 Å². The topological polar surface area (TPSA) is 105 Å². The molecule has 0 saturated carbocycles. The van der Waals surface area contributed by atoms with Gasteiger partial charge < -0.3 is 5.73 Å². The van der Waals surface area contributed by atoms with Crippen molar-refractivity contribution in [3.8, 4) is 5.82 Å². The Morgan fingerprint density at radius 3 is 2.77 bits per heavy atom. The fraction of sp³-hybridized carbons (Fsp3) is 0.0952. The lowest BCUT2D eigenvalue weighted by atomic mass is 10.1. The van der Waals surface area contributed by atoms with Crippen LogP contribution in [0.1, 0.15) is 11.3 Å². The van der Waals surface area contributed by atoms with Crippen molar-refractivity contribution in [2.75, 3.05) is 5.73 Å². The van der Waals surface area contributed by atoms with E-state index in [1.807, 2.05) is 49.4 Å². The van der Waals surface area contributed by atoms with Crippen LogP contribution in [0.15, 0.2) is 59.8 Å². The molecule has 0 atom stereocenters. The van der Waals surface area contributed by atoms with Crippen molar-refractivity contribution in [1.82, 2.24) is 29.3 Å². The van der Waals surface area contributed by atoms with E-state index < -0.39 is 0 Å². The summed E-state index contributed by atoms with van der Waals surface area (Å²) in [4.78, 5) is 26.4. The van der Waals surface area contributed by atoms with Gasteiger partial charge in [0.1, 0.15) is 21.7 Å². The van der Waals surface area contributed by atoms with E-state index in [9.17, 15) is 4.79 Å². The molecule has 0 aliphatic carbocycles. The minimum absolute atomic E-state index is 0.120. The first-order valence-electron chi connectivity index (χ1n) is 9.23. The van der Waals surface area contributed by atoms with Crippen LogP contribution in [-0.2, 0) is 6.54 Å². The molecule has 9 heteroatoms. The van der Waals surface area contributed by atoms with Crippen molar-refractivity contribution in [2.45, 2.75) is 13.5 Å². The Labute approximate surface area is 184 Å². The minimum Gasteiger partial charge on any atom is -0.383 e. The van der Waals surface area contributed by atoms with Gasteiger partial charge >= 0.3 is 0 Å². The van der Waals surface area contributed by atoms with E-state index in [1.165, 1.54) is 6.33 Å². The third kappa shape index (κ3) is 2.93. The van der Waals surface area contributed by atoms with E-state index >= 15 is 0 Å². The average Bonchev–Trinajstić information content (AvgIpc) is 3.06. The van der Waals surface area contributed by atoms with Gasteiger partial charge in [-0.3, -0.25) is 9.36 Å². The zero-order valence-corrected chi connectivity index (χ0v) is 18.1. The van der Waals surface area contributed by atoms with Gasteiger partial charge in [-0.1, -0.05) is 24.3 Å². The van der Waals surface area contributed by atoms with Gasteiger partial charge in [0.25, 0.3) is 5.56 Å². The molecule has 4 heterocycles. The third-order valence-corrected chi connectivity index (χ3v) is 5.78. The largest absolute Gasteiger partial charge is 0.383 e. The molecule has 2 N–H and O–H groups in total. The van der Waals surface area contributed by atoms with Crippen LogP contribution in [-0.4, -0.2) is 29.3 Å². The summed E-state index contributed by atoms with van der Waals surface area (Å²) >= 11 is 2.12. The molecule has 0 unspecified atom stereocenters. The maximum atomic E-state index is 13.5. The molecular formula is C21H16IN7O. The number of fused-ring (bicyclic) bond motifs is 2. The van der Waals surface area contributed by atoms with Crippen LogP contribution in [0.4, 0.5) is 5.82 Å². The quantitative estimate of drug-likeness (QED) is 0.375. The number of rotatable bonds is 3. The van der Waals surface area contributed by atoms with E-state index in [4.69, 9.17) is 5.73 Å². The third-order valence-electron chi connectivity index (χ3n) is 5.02. The number of halogens is 1. The molecule has 30 heavy (non-hydrogen) atoms. The van der Waals surface area contributed by atoms with E-state index in [0.717, 1.165) is 16.6 Å². The molecule has 4 aromatic heterocycles. The Balaban J connectivity index is 1.79. The number of hydrogen-bond donors (Lipinski definition) is 1. The lowest BCUT2D eigenvalue weighted by molar-refractivity contribution is 0.661. The molecule has 0 radical (unpaired) electrons. The van der Waals surface area contributed by atoms with Gasteiger partial charge in [0, 0.05) is 11.6 Å². The summed E-state index contributed by atoms with van der Waals surface area (Å²) in [5.41, 5.74) is 8.18. The molecule has 5 rings (SSSR count). The minimum atomic E-state index is -0.120. The Bertz CT molecular complexity index is 1490. The molecule has 148 valence electrons. The van der Waals surface area contributed by atoms with Gasteiger partial charge in [-0.15, -0.1) is 0 Å². The van der Waals surface area contributed by atoms with Gasteiger partial charge in [0.2, 0.25) is 0 Å². The fourth-order valence-electron chi connectivity index (χ4n) is 3.62. The van der Waals surface area contributed by atoms with E-state index in [1.54, 1.807) is 15.4 Å². The Morgan fingerprint density at radius 1 is 1.10 bits per heavy atom. The first-order chi connectivity index (χ1) is 14.5. The number of anilines is 1. The summed E-state index contributed by atoms with van der Waals surface area (Å²) < 4.78 is 4.11. The molecule has 0 spiro atoms. The zero-order chi connectivity index (χ0) is 20.8. The van der Waals surface area contributed by atoms with E-state index in [0.29, 0.717) is 38.3 Å². The van der Waals surface area contributed by atoms with Gasteiger partial charge in [-0.2, -0.15) is 5.10 Å². The van der Waals surface area contributed by atoms with Gasteiger partial charge in [-0.05, 0) is 58.7 Å². The Kier molecular flexibility index (Phi) is 4.46. The van der Waals surface area contributed by atoms with Crippen molar-refractivity contribution in [3.63, 3.8) is 0 Å². The van der Waals surface area contributed by atoms with Crippen LogP contribution in [0.25, 0.3) is 27.6 Å². The predicted octanol–water partition coefficient (Wildman–Crippen LogP) is 3.07. The van der Waals surface area contributed by atoms with E-state index in [2.05, 4.69) is 42.6 Å². The molecule has 0 fully saturated rings. The Hall–Kier alpha value is -3.34. The standard InChI is InChI=1S/C21H16IN7O/c1-12-5-4-8-24-19(12)29-14(9-13-6-2-3-7-15(13)21(29)30)10-28-20-16(17(22)27-28)18(23)25-11-26-20/h2-9,11H,10H2,1H3,(H2,23,25,26). The van der Waals surface area contributed by atoms with Crippen LogP contribution >= 0.6 is 22.6 Å². The molecule has 0 amide bonds. The van der Waals surface area contributed by atoms with Crippen molar-refractivity contribution < 1.29 is 0 Å². The smallest absolute Gasteiger partial charge is 0.264 e. The monoisotopic (exact) mass is 509 g/mol. The summed E-state index contributed by atoms with van der Waals surface area (Å²) in [7, 11) is 0. The predicted molar refractivity (Wildman–Crippen MR) is 124 cm³/mol. The molecule has 0 bridgehead atoms. The summed E-state index contributed by atoms with van der Waals surface area (Å²) in [6.07, 6.45) is 3.11. The van der Waals surface area contributed by atoms with Crippen molar-refractivity contribution in [3.05, 3.63) is 80.3 Å². The first-order valence-corrected chi connectivity index (χ1v) is 10.3. The molecule has 0 aliphatic heterocycles. The number of benzene rings is 1. The molecule has 0 aliphatic rings. The number of nitrogens with two attached hydrogens (primary N) is 1. The highest BCUT2D eigenvalue weighted by Gasteiger charge is 2.18. The second-order valence-corrected chi connectivity index (χ2v) is 7.94. The van der Waals surface area contributed by atoms with Gasteiger partial charge in [-0.25, -0.2) is 19.6 Å². The number of nitrogen functional groups attached to an aromatic ring is 1. The normalized spacial score (nSPS) is 11.4. The van der Waals surface area contributed by atoms with E-state index in [-0.39, 0.29) is 5.56 Å². The average molecular weight is 509 g/mol. The molecule has 8 nitrogen and oxygen atoms in total. The summed E-state index contributed by atoms with van der Waals surface area (Å²) in [6.45, 7) is 2.26. The number of aryl methyl sites for hydroxylation is 1. The number of aromatic nitrogens is 6. The van der Waals surface area contributed by atoms with Crippen LogP contribution in [0.5, 0.6) is 0 Å². The van der Waals surface area contributed by atoms with Gasteiger partial charge in [0.05, 0.1) is 17.6 Å². The molecular weight excluding hydrogens is 493 g/mol. The molecule has 1 aromatic carbocycles. The fourth-order valence-corrected chi connectivity index (χ4v) is 4.40.